The number of benzene rings is 1. The molecule has 1 saturated carbocycles. The smallest absolute Gasteiger partial charge is 0.310 e. The van der Waals surface area contributed by atoms with Crippen molar-refractivity contribution >= 4 is 29.6 Å². The summed E-state index contributed by atoms with van der Waals surface area (Å²) in [5.74, 6) is -2.86. The molecule has 8 heteroatoms. The predicted octanol–water partition coefficient (Wildman–Crippen LogP) is 1.88. The van der Waals surface area contributed by atoms with Gasteiger partial charge in [-0.2, -0.15) is 0 Å². The van der Waals surface area contributed by atoms with E-state index >= 15 is 0 Å². The van der Waals surface area contributed by atoms with Gasteiger partial charge in [-0.05, 0) is 31.4 Å². The van der Waals surface area contributed by atoms with E-state index in [1.54, 1.807) is 12.1 Å². The van der Waals surface area contributed by atoms with Crippen LogP contribution in [-0.2, 0) is 19.1 Å². The van der Waals surface area contributed by atoms with Crippen LogP contribution in [0.15, 0.2) is 24.3 Å². The standard InChI is InChI=1S/C21H22N2O6/c24-17-11-10-16(23-18(25)14-8-4-5-9-15(14)19(23)26)20(27)22(17)12-29-21(28)13-6-2-1-3-7-13/h4-5,8-9,13,16H,1-3,6-7,10-12H2. The summed E-state index contributed by atoms with van der Waals surface area (Å²) in [7, 11) is 0. The zero-order valence-electron chi connectivity index (χ0n) is 16.0. The lowest BCUT2D eigenvalue weighted by Crippen LogP contribution is -2.56. The van der Waals surface area contributed by atoms with Crippen molar-refractivity contribution in [1.29, 1.82) is 0 Å². The third-order valence-corrected chi connectivity index (χ3v) is 5.90. The molecule has 1 aliphatic carbocycles. The summed E-state index contributed by atoms with van der Waals surface area (Å²) < 4.78 is 5.25. The Morgan fingerprint density at radius 1 is 0.931 bits per heavy atom. The number of esters is 1. The van der Waals surface area contributed by atoms with E-state index in [2.05, 4.69) is 0 Å². The van der Waals surface area contributed by atoms with E-state index in [4.69, 9.17) is 4.74 Å². The minimum Gasteiger partial charge on any atom is -0.443 e. The first-order valence-corrected chi connectivity index (χ1v) is 9.97. The monoisotopic (exact) mass is 398 g/mol. The molecule has 2 aliphatic heterocycles. The Kier molecular flexibility index (Phi) is 5.17. The van der Waals surface area contributed by atoms with Crippen LogP contribution in [0.4, 0.5) is 0 Å². The second-order valence-electron chi connectivity index (χ2n) is 7.67. The number of carbonyl (C=O) groups is 5. The zero-order chi connectivity index (χ0) is 20.5. The Labute approximate surface area is 167 Å². The summed E-state index contributed by atoms with van der Waals surface area (Å²) in [4.78, 5) is 64.6. The number of likely N-dealkylation sites (tertiary alicyclic amines) is 1. The molecule has 1 aromatic rings. The summed E-state index contributed by atoms with van der Waals surface area (Å²) in [5.41, 5.74) is 0.495. The average Bonchev–Trinajstić information content (AvgIpc) is 2.99. The lowest BCUT2D eigenvalue weighted by atomic mass is 9.89. The molecule has 0 N–H and O–H groups in total. The molecule has 0 aromatic heterocycles. The molecule has 2 fully saturated rings. The van der Waals surface area contributed by atoms with Gasteiger partial charge in [0.1, 0.15) is 6.04 Å². The summed E-state index contributed by atoms with van der Waals surface area (Å²) in [6.07, 6.45) is 4.57. The molecule has 1 unspecified atom stereocenters. The topological polar surface area (TPSA) is 101 Å². The van der Waals surface area contributed by atoms with Crippen molar-refractivity contribution in [3.05, 3.63) is 35.4 Å². The van der Waals surface area contributed by atoms with E-state index in [0.29, 0.717) is 0 Å². The molecule has 0 radical (unpaired) electrons. The number of carbonyl (C=O) groups excluding carboxylic acids is 5. The summed E-state index contributed by atoms with van der Waals surface area (Å²) >= 11 is 0. The third kappa shape index (κ3) is 3.43. The van der Waals surface area contributed by atoms with Crippen molar-refractivity contribution in [3.8, 4) is 0 Å². The molecular weight excluding hydrogens is 376 g/mol. The van der Waals surface area contributed by atoms with Crippen LogP contribution in [0.2, 0.25) is 0 Å². The molecule has 1 saturated heterocycles. The van der Waals surface area contributed by atoms with Crippen LogP contribution in [0.3, 0.4) is 0 Å². The molecule has 4 rings (SSSR count). The van der Waals surface area contributed by atoms with E-state index in [1.807, 2.05) is 0 Å². The maximum atomic E-state index is 12.9. The second kappa shape index (κ2) is 7.77. The van der Waals surface area contributed by atoms with Gasteiger partial charge >= 0.3 is 5.97 Å². The SMILES string of the molecule is O=C(OCN1C(=O)CCC(N2C(=O)c3ccccc3C2=O)C1=O)C1CCCCC1. The van der Waals surface area contributed by atoms with Crippen molar-refractivity contribution in [3.63, 3.8) is 0 Å². The van der Waals surface area contributed by atoms with Crippen molar-refractivity contribution in [2.75, 3.05) is 6.73 Å². The lowest BCUT2D eigenvalue weighted by molar-refractivity contribution is -0.166. The van der Waals surface area contributed by atoms with Gasteiger partial charge in [0.2, 0.25) is 5.91 Å². The second-order valence-corrected chi connectivity index (χ2v) is 7.67. The molecule has 3 aliphatic rings. The number of hydrogen-bond donors (Lipinski definition) is 0. The van der Waals surface area contributed by atoms with Gasteiger partial charge in [-0.1, -0.05) is 31.4 Å². The lowest BCUT2D eigenvalue weighted by Gasteiger charge is -2.34. The molecule has 0 spiro atoms. The van der Waals surface area contributed by atoms with Crippen molar-refractivity contribution < 1.29 is 28.7 Å². The highest BCUT2D eigenvalue weighted by Gasteiger charge is 2.47. The first-order chi connectivity index (χ1) is 14.0. The fraction of sp³-hybridized carbons (Fsp3) is 0.476. The Balaban J connectivity index is 1.46. The summed E-state index contributed by atoms with van der Waals surface area (Å²) in [5, 5.41) is 0. The molecule has 2 heterocycles. The molecular formula is C21H22N2O6. The van der Waals surface area contributed by atoms with Crippen molar-refractivity contribution in [1.82, 2.24) is 9.80 Å². The van der Waals surface area contributed by atoms with Crippen LogP contribution in [0, 0.1) is 5.92 Å². The normalized spacial score (nSPS) is 22.8. The number of ether oxygens (including phenoxy) is 1. The fourth-order valence-corrected chi connectivity index (χ4v) is 4.27. The van der Waals surface area contributed by atoms with Gasteiger partial charge in [0.25, 0.3) is 17.7 Å². The first-order valence-electron chi connectivity index (χ1n) is 9.97. The highest BCUT2D eigenvalue weighted by atomic mass is 16.5. The maximum Gasteiger partial charge on any atom is 0.310 e. The van der Waals surface area contributed by atoms with Gasteiger partial charge in [0.15, 0.2) is 6.73 Å². The van der Waals surface area contributed by atoms with Crippen LogP contribution < -0.4 is 0 Å². The molecule has 0 bridgehead atoms. The molecule has 1 aromatic carbocycles. The molecule has 152 valence electrons. The molecule has 4 amide bonds. The number of piperidine rings is 1. The minimum absolute atomic E-state index is 0.00914. The number of rotatable bonds is 4. The summed E-state index contributed by atoms with van der Waals surface area (Å²) in [6, 6.07) is 5.30. The van der Waals surface area contributed by atoms with Crippen molar-refractivity contribution in [2.45, 2.75) is 51.0 Å². The predicted molar refractivity (Wildman–Crippen MR) is 99.4 cm³/mol. The van der Waals surface area contributed by atoms with E-state index in [9.17, 15) is 24.0 Å². The van der Waals surface area contributed by atoms with E-state index in [0.717, 1.165) is 41.9 Å². The van der Waals surface area contributed by atoms with Gasteiger partial charge in [-0.25, -0.2) is 4.90 Å². The third-order valence-electron chi connectivity index (χ3n) is 5.90. The van der Waals surface area contributed by atoms with Gasteiger partial charge in [0, 0.05) is 6.42 Å². The number of imide groups is 2. The molecule has 1 atom stereocenters. The van der Waals surface area contributed by atoms with Gasteiger partial charge in [0.05, 0.1) is 17.0 Å². The first kappa shape index (κ1) is 19.3. The highest BCUT2D eigenvalue weighted by Crippen LogP contribution is 2.29. The van der Waals surface area contributed by atoms with Gasteiger partial charge in [-0.15, -0.1) is 0 Å². The summed E-state index contributed by atoms with van der Waals surface area (Å²) in [6.45, 7) is -0.479. The Morgan fingerprint density at radius 3 is 2.17 bits per heavy atom. The Morgan fingerprint density at radius 2 is 1.55 bits per heavy atom. The van der Waals surface area contributed by atoms with Crippen LogP contribution >= 0.6 is 0 Å². The maximum absolute atomic E-state index is 12.9. The number of hydrogen-bond acceptors (Lipinski definition) is 6. The number of nitrogens with zero attached hydrogens (tertiary/aromatic N) is 2. The number of fused-ring (bicyclic) bond motifs is 1. The minimum atomic E-state index is -1.08. The van der Waals surface area contributed by atoms with Crippen LogP contribution in [-0.4, -0.2) is 52.2 Å². The Bertz CT molecular complexity index is 854. The Hall–Kier alpha value is -3.03. The van der Waals surface area contributed by atoms with Gasteiger partial charge < -0.3 is 4.74 Å². The van der Waals surface area contributed by atoms with Gasteiger partial charge in [-0.3, -0.25) is 28.9 Å². The van der Waals surface area contributed by atoms with Crippen LogP contribution in [0.1, 0.15) is 65.7 Å². The fourth-order valence-electron chi connectivity index (χ4n) is 4.27. The van der Waals surface area contributed by atoms with Crippen molar-refractivity contribution in [2.24, 2.45) is 5.92 Å². The highest BCUT2D eigenvalue weighted by molar-refractivity contribution is 6.23. The molecule has 29 heavy (non-hydrogen) atoms. The average molecular weight is 398 g/mol. The van der Waals surface area contributed by atoms with Crippen LogP contribution in [0.25, 0.3) is 0 Å². The van der Waals surface area contributed by atoms with Crippen LogP contribution in [0.5, 0.6) is 0 Å². The quantitative estimate of drug-likeness (QED) is 0.567. The molecule has 8 nitrogen and oxygen atoms in total. The van der Waals surface area contributed by atoms with E-state index in [-0.39, 0.29) is 29.9 Å². The largest absolute Gasteiger partial charge is 0.443 e. The van der Waals surface area contributed by atoms with E-state index in [1.165, 1.54) is 12.1 Å². The van der Waals surface area contributed by atoms with E-state index < -0.39 is 42.4 Å². The number of amides is 4. The zero-order valence-corrected chi connectivity index (χ0v) is 16.0.